The van der Waals surface area contributed by atoms with Gasteiger partial charge in [0.25, 0.3) is 0 Å². The van der Waals surface area contributed by atoms with Crippen molar-refractivity contribution in [1.82, 2.24) is 0 Å². The Morgan fingerprint density at radius 3 is 1.57 bits per heavy atom. The molecular weight excluding hydrogens is 352 g/mol. The monoisotopic (exact) mass is 368 g/mol. The summed E-state index contributed by atoms with van der Waals surface area (Å²) in [5.74, 6) is 0. The van der Waals surface area contributed by atoms with Gasteiger partial charge in [-0.25, -0.2) is 0 Å². The van der Waals surface area contributed by atoms with E-state index in [0.717, 1.165) is 4.47 Å². The van der Waals surface area contributed by atoms with Crippen molar-refractivity contribution >= 4 is 15.9 Å². The van der Waals surface area contributed by atoms with E-state index in [2.05, 4.69) is 15.9 Å². The summed E-state index contributed by atoms with van der Waals surface area (Å²) in [7, 11) is 0. The molecule has 1 atom stereocenters. The molecule has 3 heteroatoms. The molecule has 0 heterocycles. The van der Waals surface area contributed by atoms with E-state index in [0.29, 0.717) is 16.7 Å². The summed E-state index contributed by atoms with van der Waals surface area (Å²) >= 11 is 3.39. The summed E-state index contributed by atoms with van der Waals surface area (Å²) in [6, 6.07) is 25.9. The predicted octanol–water partition coefficient (Wildman–Crippen LogP) is 4.42. The van der Waals surface area contributed by atoms with Gasteiger partial charge in [-0.15, -0.1) is 0 Å². The minimum Gasteiger partial charge on any atom is -0.385 e. The van der Waals surface area contributed by atoms with Crippen LogP contribution in [-0.2, 0) is 5.60 Å². The third-order valence-electron chi connectivity index (χ3n) is 4.01. The third-order valence-corrected chi connectivity index (χ3v) is 4.54. The maximum absolute atomic E-state index is 11.5. The van der Waals surface area contributed by atoms with Gasteiger partial charge in [-0.05, 0) is 28.8 Å². The summed E-state index contributed by atoms with van der Waals surface area (Å²) < 4.78 is 0.927. The third kappa shape index (κ3) is 3.08. The van der Waals surface area contributed by atoms with E-state index in [1.54, 1.807) is 0 Å². The molecule has 0 aromatic heterocycles. The average Bonchev–Trinajstić information content (AvgIpc) is 2.62. The van der Waals surface area contributed by atoms with Crippen molar-refractivity contribution in [2.24, 2.45) is 0 Å². The Kier molecular flexibility index (Phi) is 4.62. The molecule has 0 aliphatic heterocycles. The van der Waals surface area contributed by atoms with Crippen LogP contribution >= 0.6 is 15.9 Å². The Balaban J connectivity index is 2.14. The van der Waals surface area contributed by atoms with Crippen molar-refractivity contribution in [1.29, 1.82) is 0 Å². The van der Waals surface area contributed by atoms with Gasteiger partial charge in [0.2, 0.25) is 0 Å². The van der Waals surface area contributed by atoms with Crippen molar-refractivity contribution in [2.45, 2.75) is 11.7 Å². The second-order valence-electron chi connectivity index (χ2n) is 5.45. The molecule has 0 amide bonds. The molecule has 3 aromatic carbocycles. The first-order chi connectivity index (χ1) is 11.1. The number of aliphatic hydroxyl groups excluding tert-OH is 1. The fourth-order valence-corrected chi connectivity index (χ4v) is 3.02. The van der Waals surface area contributed by atoms with E-state index in [9.17, 15) is 10.2 Å². The van der Waals surface area contributed by atoms with Crippen molar-refractivity contribution in [3.63, 3.8) is 0 Å². The second kappa shape index (κ2) is 6.67. The molecule has 0 saturated heterocycles. The zero-order chi connectivity index (χ0) is 16.3. The molecule has 23 heavy (non-hydrogen) atoms. The van der Waals surface area contributed by atoms with Crippen molar-refractivity contribution < 1.29 is 10.2 Å². The van der Waals surface area contributed by atoms with E-state index in [4.69, 9.17) is 0 Å². The van der Waals surface area contributed by atoms with Crippen molar-refractivity contribution in [2.75, 3.05) is 0 Å². The summed E-state index contributed by atoms with van der Waals surface area (Å²) in [5.41, 5.74) is 0.447. The van der Waals surface area contributed by atoms with Gasteiger partial charge in [0.1, 0.15) is 11.7 Å². The zero-order valence-corrected chi connectivity index (χ0v) is 14.0. The zero-order valence-electron chi connectivity index (χ0n) is 12.4. The van der Waals surface area contributed by atoms with Crippen LogP contribution in [0, 0.1) is 0 Å². The first kappa shape index (κ1) is 15.9. The van der Waals surface area contributed by atoms with E-state index < -0.39 is 11.7 Å². The topological polar surface area (TPSA) is 40.5 Å². The van der Waals surface area contributed by atoms with Gasteiger partial charge in [-0.3, -0.25) is 0 Å². The molecule has 0 spiro atoms. The van der Waals surface area contributed by atoms with Crippen molar-refractivity contribution in [3.8, 4) is 0 Å². The van der Waals surface area contributed by atoms with Crippen LogP contribution in [0.5, 0.6) is 0 Å². The van der Waals surface area contributed by atoms with Crippen LogP contribution in [0.2, 0.25) is 0 Å². The van der Waals surface area contributed by atoms with Crippen LogP contribution in [-0.4, -0.2) is 10.2 Å². The lowest BCUT2D eigenvalue weighted by Gasteiger charge is -2.34. The van der Waals surface area contributed by atoms with Crippen LogP contribution in [0.4, 0.5) is 0 Å². The Bertz CT molecular complexity index is 715. The largest absolute Gasteiger partial charge is 0.385 e. The van der Waals surface area contributed by atoms with E-state index in [-0.39, 0.29) is 0 Å². The minimum atomic E-state index is -1.52. The van der Waals surface area contributed by atoms with Crippen LogP contribution in [0.1, 0.15) is 22.8 Å². The lowest BCUT2D eigenvalue weighted by atomic mass is 9.79. The van der Waals surface area contributed by atoms with E-state index >= 15 is 0 Å². The number of hydrogen-bond donors (Lipinski definition) is 2. The molecule has 3 aromatic rings. The molecular formula is C20H17BrO2. The van der Waals surface area contributed by atoms with Crippen LogP contribution in [0.15, 0.2) is 89.4 Å². The van der Waals surface area contributed by atoms with Crippen molar-refractivity contribution in [3.05, 3.63) is 106 Å². The smallest absolute Gasteiger partial charge is 0.145 e. The standard InChI is InChI=1S/C20H17BrO2/c21-18-13-11-15(12-14-18)19(22)20(23,16-7-3-1-4-8-16)17-9-5-2-6-10-17/h1-14,19,22-23H/t19-/m0/s1. The first-order valence-corrected chi connectivity index (χ1v) is 8.18. The fraction of sp³-hybridized carbons (Fsp3) is 0.100. The lowest BCUT2D eigenvalue weighted by Crippen LogP contribution is -2.35. The molecule has 3 rings (SSSR count). The van der Waals surface area contributed by atoms with Crippen LogP contribution < -0.4 is 0 Å². The van der Waals surface area contributed by atoms with Gasteiger partial charge in [-0.1, -0.05) is 88.7 Å². The maximum Gasteiger partial charge on any atom is 0.145 e. The molecule has 116 valence electrons. The Hall–Kier alpha value is -1.94. The molecule has 0 fully saturated rings. The number of benzene rings is 3. The molecule has 2 N–H and O–H groups in total. The molecule has 0 unspecified atom stereocenters. The highest BCUT2D eigenvalue weighted by molar-refractivity contribution is 9.10. The molecule has 0 aliphatic rings. The normalized spacial score (nSPS) is 12.8. The highest BCUT2D eigenvalue weighted by Crippen LogP contribution is 2.41. The molecule has 0 radical (unpaired) electrons. The molecule has 0 saturated carbocycles. The molecule has 0 bridgehead atoms. The van der Waals surface area contributed by atoms with Gasteiger partial charge < -0.3 is 10.2 Å². The maximum atomic E-state index is 11.5. The minimum absolute atomic E-state index is 0.654. The average molecular weight is 369 g/mol. The Labute approximate surface area is 144 Å². The van der Waals surface area contributed by atoms with Crippen LogP contribution in [0.25, 0.3) is 0 Å². The van der Waals surface area contributed by atoms with Gasteiger partial charge in [0.05, 0.1) is 0 Å². The lowest BCUT2D eigenvalue weighted by molar-refractivity contribution is -0.0517. The first-order valence-electron chi connectivity index (χ1n) is 7.39. The predicted molar refractivity (Wildman–Crippen MR) is 95.0 cm³/mol. The van der Waals surface area contributed by atoms with Gasteiger partial charge in [-0.2, -0.15) is 0 Å². The summed E-state index contributed by atoms with van der Waals surface area (Å²) in [4.78, 5) is 0. The second-order valence-corrected chi connectivity index (χ2v) is 6.37. The number of halogens is 1. The summed E-state index contributed by atoms with van der Waals surface area (Å²) in [6.07, 6.45) is -1.08. The SMILES string of the molecule is O[C@@H](c1ccc(Br)cc1)C(O)(c1ccccc1)c1ccccc1. The highest BCUT2D eigenvalue weighted by atomic mass is 79.9. The Morgan fingerprint density at radius 2 is 1.13 bits per heavy atom. The fourth-order valence-electron chi connectivity index (χ4n) is 2.75. The van der Waals surface area contributed by atoms with Crippen LogP contribution in [0.3, 0.4) is 0 Å². The number of rotatable bonds is 4. The summed E-state index contributed by atoms with van der Waals surface area (Å²) in [6.45, 7) is 0. The van der Waals surface area contributed by atoms with E-state index in [1.807, 2.05) is 84.9 Å². The van der Waals surface area contributed by atoms with E-state index in [1.165, 1.54) is 0 Å². The number of aliphatic hydroxyl groups is 2. The quantitative estimate of drug-likeness (QED) is 0.715. The molecule has 0 aliphatic carbocycles. The molecule has 2 nitrogen and oxygen atoms in total. The van der Waals surface area contributed by atoms with Gasteiger partial charge >= 0.3 is 0 Å². The highest BCUT2D eigenvalue weighted by Gasteiger charge is 2.40. The number of hydrogen-bond acceptors (Lipinski definition) is 2. The Morgan fingerprint density at radius 1 is 0.696 bits per heavy atom. The van der Waals surface area contributed by atoms with Gasteiger partial charge in [0.15, 0.2) is 0 Å². The van der Waals surface area contributed by atoms with Gasteiger partial charge in [0, 0.05) is 4.47 Å². The summed E-state index contributed by atoms with van der Waals surface area (Å²) in [5, 5.41) is 22.5.